The Morgan fingerprint density at radius 1 is 1.16 bits per heavy atom. The molecule has 1 fully saturated rings. The third-order valence-electron chi connectivity index (χ3n) is 6.55. The topological polar surface area (TPSA) is 36.4 Å². The summed E-state index contributed by atoms with van der Waals surface area (Å²) in [6.07, 6.45) is 6.19. The third-order valence-corrected chi connectivity index (χ3v) is 7.52. The Morgan fingerprint density at radius 3 is 2.58 bits per heavy atom. The van der Waals surface area contributed by atoms with Crippen LogP contribution in [-0.4, -0.2) is 54.4 Å². The fourth-order valence-electron chi connectivity index (χ4n) is 4.99. The van der Waals surface area contributed by atoms with Crippen LogP contribution in [0.2, 0.25) is 10.0 Å². The van der Waals surface area contributed by atoms with Crippen LogP contribution in [0.5, 0.6) is 0 Å². The molecule has 2 aromatic rings. The lowest BCUT2D eigenvalue weighted by Gasteiger charge is -2.37. The number of hydrogen-bond acceptors (Lipinski definition) is 3. The first-order chi connectivity index (χ1) is 14.8. The van der Waals surface area contributed by atoms with Crippen LogP contribution in [0.25, 0.3) is 0 Å². The molecule has 2 heterocycles. The summed E-state index contributed by atoms with van der Waals surface area (Å²) >= 11 is 16.7. The van der Waals surface area contributed by atoms with E-state index < -0.39 is 0 Å². The van der Waals surface area contributed by atoms with E-state index in [1.54, 1.807) is 0 Å². The Hall–Kier alpha value is -1.14. The quantitative estimate of drug-likeness (QED) is 0.524. The first-order valence-electron chi connectivity index (χ1n) is 10.9. The van der Waals surface area contributed by atoms with Crippen LogP contribution in [-0.2, 0) is 17.6 Å². The highest BCUT2D eigenvalue weighted by molar-refractivity contribution is 9.10. The molecule has 4 nitrogen and oxygen atoms in total. The van der Waals surface area contributed by atoms with Gasteiger partial charge in [-0.1, -0.05) is 23.2 Å². The molecule has 1 aliphatic heterocycles. The lowest BCUT2D eigenvalue weighted by Crippen LogP contribution is -2.41. The zero-order valence-corrected chi connectivity index (χ0v) is 21.1. The number of benzene rings is 1. The van der Waals surface area contributed by atoms with E-state index in [2.05, 4.69) is 33.0 Å². The summed E-state index contributed by atoms with van der Waals surface area (Å²) in [7, 11) is 4.00. The maximum absolute atomic E-state index is 12.6. The van der Waals surface area contributed by atoms with Crippen molar-refractivity contribution >= 4 is 45.0 Å². The van der Waals surface area contributed by atoms with Crippen molar-refractivity contribution in [3.63, 3.8) is 0 Å². The number of halogens is 3. The van der Waals surface area contributed by atoms with Gasteiger partial charge in [-0.2, -0.15) is 0 Å². The van der Waals surface area contributed by atoms with Gasteiger partial charge in [-0.05, 0) is 96.5 Å². The van der Waals surface area contributed by atoms with Gasteiger partial charge in [-0.3, -0.25) is 9.78 Å². The van der Waals surface area contributed by atoms with E-state index in [0.29, 0.717) is 17.4 Å². The third kappa shape index (κ3) is 5.11. The number of amides is 1. The Bertz CT molecular complexity index is 974. The average molecular weight is 525 g/mol. The highest BCUT2D eigenvalue weighted by Gasteiger charge is 2.36. The van der Waals surface area contributed by atoms with Gasteiger partial charge < -0.3 is 9.80 Å². The molecule has 1 aromatic heterocycles. The van der Waals surface area contributed by atoms with Crippen LogP contribution in [0, 0.1) is 5.92 Å². The standard InChI is InChI=1S/C24H28BrCl2N3O/c1-29(2)8-7-21(31)30-9-5-15(6-10-30)23-22-16(12-19(26)13-20(22)27)3-4-17-11-18(25)14-28-24(17)23/h11-15,23H,3-10H2,1-2H3. The smallest absolute Gasteiger partial charge is 0.223 e. The Labute approximate surface area is 203 Å². The molecule has 0 bridgehead atoms. The van der Waals surface area contributed by atoms with Crippen molar-refractivity contribution in [2.24, 2.45) is 5.92 Å². The second-order valence-electron chi connectivity index (χ2n) is 8.91. The SMILES string of the molecule is CN(C)CCC(=O)N1CCC(C2c3ncc(Br)cc3CCc3cc(Cl)cc(Cl)c32)CC1. The van der Waals surface area contributed by atoms with Gasteiger partial charge in [0.15, 0.2) is 0 Å². The van der Waals surface area contributed by atoms with E-state index >= 15 is 0 Å². The zero-order valence-electron chi connectivity index (χ0n) is 18.0. The van der Waals surface area contributed by atoms with Gasteiger partial charge in [0.1, 0.15) is 0 Å². The molecule has 1 unspecified atom stereocenters. The fraction of sp³-hybridized carbons (Fsp3) is 0.500. The lowest BCUT2D eigenvalue weighted by atomic mass is 9.76. The molecule has 7 heteroatoms. The number of aryl methyl sites for hydroxylation is 2. The van der Waals surface area contributed by atoms with Crippen molar-refractivity contribution in [3.8, 4) is 0 Å². The van der Waals surface area contributed by atoms with Crippen LogP contribution in [0.15, 0.2) is 28.9 Å². The second-order valence-corrected chi connectivity index (χ2v) is 10.7. The van der Waals surface area contributed by atoms with Crippen LogP contribution < -0.4 is 0 Å². The second kappa shape index (κ2) is 9.78. The number of fused-ring (bicyclic) bond motifs is 2. The Morgan fingerprint density at radius 2 is 1.87 bits per heavy atom. The van der Waals surface area contributed by atoms with Crippen molar-refractivity contribution in [1.82, 2.24) is 14.8 Å². The number of aromatic nitrogens is 1. The highest BCUT2D eigenvalue weighted by Crippen LogP contribution is 2.46. The maximum Gasteiger partial charge on any atom is 0.223 e. The molecule has 2 aliphatic rings. The van der Waals surface area contributed by atoms with Crippen molar-refractivity contribution < 1.29 is 4.79 Å². The number of nitrogens with zero attached hydrogens (tertiary/aromatic N) is 3. The number of piperidine rings is 1. The zero-order chi connectivity index (χ0) is 22.1. The normalized spacial score (nSPS) is 19.2. The number of hydrogen-bond donors (Lipinski definition) is 0. The summed E-state index contributed by atoms with van der Waals surface area (Å²) in [4.78, 5) is 21.6. The number of rotatable bonds is 4. The summed E-state index contributed by atoms with van der Waals surface area (Å²) < 4.78 is 1.00. The van der Waals surface area contributed by atoms with Crippen molar-refractivity contribution in [3.05, 3.63) is 61.3 Å². The summed E-state index contributed by atoms with van der Waals surface area (Å²) in [5.41, 5.74) is 4.80. The van der Waals surface area contributed by atoms with Gasteiger partial charge in [-0.25, -0.2) is 0 Å². The Kier molecular flexibility index (Phi) is 7.27. The molecule has 0 N–H and O–H groups in total. The minimum Gasteiger partial charge on any atom is -0.343 e. The van der Waals surface area contributed by atoms with E-state index in [0.717, 1.165) is 60.5 Å². The molecule has 1 amide bonds. The van der Waals surface area contributed by atoms with E-state index in [-0.39, 0.29) is 11.8 Å². The first-order valence-corrected chi connectivity index (χ1v) is 12.4. The van der Waals surface area contributed by atoms with Gasteiger partial charge in [0.05, 0.1) is 5.69 Å². The van der Waals surface area contributed by atoms with E-state index in [9.17, 15) is 4.79 Å². The number of carbonyl (C=O) groups excluding carboxylic acids is 1. The molecule has 1 aliphatic carbocycles. The van der Waals surface area contributed by atoms with Gasteiger partial charge in [0.2, 0.25) is 5.91 Å². The molecule has 0 radical (unpaired) electrons. The summed E-state index contributed by atoms with van der Waals surface area (Å²) in [6, 6.07) is 6.12. The maximum atomic E-state index is 12.6. The van der Waals surface area contributed by atoms with Gasteiger partial charge in [0.25, 0.3) is 0 Å². The number of pyridine rings is 1. The predicted octanol–water partition coefficient (Wildman–Crippen LogP) is 5.57. The first kappa shape index (κ1) is 23.0. The molecule has 0 spiro atoms. The largest absolute Gasteiger partial charge is 0.343 e. The Balaban J connectivity index is 1.63. The lowest BCUT2D eigenvalue weighted by molar-refractivity contribution is -0.132. The van der Waals surface area contributed by atoms with Crippen LogP contribution in [0.1, 0.15) is 47.6 Å². The minimum absolute atomic E-state index is 0.129. The fourth-order valence-corrected chi connectivity index (χ4v) is 6.02. The molecule has 4 rings (SSSR count). The molecule has 0 saturated carbocycles. The molecule has 1 atom stereocenters. The number of carbonyl (C=O) groups is 1. The molecular weight excluding hydrogens is 497 g/mol. The molecule has 1 aromatic carbocycles. The van der Waals surface area contributed by atoms with E-state index in [4.69, 9.17) is 28.2 Å². The van der Waals surface area contributed by atoms with Crippen molar-refractivity contribution in [1.29, 1.82) is 0 Å². The molecule has 31 heavy (non-hydrogen) atoms. The average Bonchev–Trinajstić information content (AvgIpc) is 2.89. The minimum atomic E-state index is 0.129. The van der Waals surface area contributed by atoms with Crippen LogP contribution in [0.4, 0.5) is 0 Å². The van der Waals surface area contributed by atoms with E-state index in [1.165, 1.54) is 16.7 Å². The van der Waals surface area contributed by atoms with Crippen LogP contribution >= 0.6 is 39.1 Å². The monoisotopic (exact) mass is 523 g/mol. The predicted molar refractivity (Wildman–Crippen MR) is 130 cm³/mol. The molecule has 166 valence electrons. The van der Waals surface area contributed by atoms with Crippen molar-refractivity contribution in [2.75, 3.05) is 33.7 Å². The van der Waals surface area contributed by atoms with Gasteiger partial charge >= 0.3 is 0 Å². The summed E-state index contributed by atoms with van der Waals surface area (Å²) in [5, 5.41) is 1.42. The number of likely N-dealkylation sites (tertiary alicyclic amines) is 1. The van der Waals surface area contributed by atoms with Crippen molar-refractivity contribution in [2.45, 2.75) is 38.0 Å². The molecular formula is C24H28BrCl2N3O. The van der Waals surface area contributed by atoms with Gasteiger partial charge in [0, 0.05) is 52.7 Å². The van der Waals surface area contributed by atoms with Crippen LogP contribution in [0.3, 0.4) is 0 Å². The highest BCUT2D eigenvalue weighted by atomic mass is 79.9. The molecule has 1 saturated heterocycles. The van der Waals surface area contributed by atoms with E-state index in [1.807, 2.05) is 31.3 Å². The summed E-state index contributed by atoms with van der Waals surface area (Å²) in [5.74, 6) is 0.769. The van der Waals surface area contributed by atoms with Gasteiger partial charge in [-0.15, -0.1) is 0 Å². The summed E-state index contributed by atoms with van der Waals surface area (Å²) in [6.45, 7) is 2.37.